The maximum atomic E-state index is 13.5. The van der Waals surface area contributed by atoms with E-state index in [9.17, 15) is 19.0 Å². The Balaban J connectivity index is 4.94. The third kappa shape index (κ3) is 58.4. The molecule has 9 nitrogen and oxygen atoms in total. The van der Waals surface area contributed by atoms with Crippen LogP contribution in [0.25, 0.3) is 0 Å². The maximum Gasteiger partial charge on any atom is 0.306 e. The van der Waals surface area contributed by atoms with Crippen LogP contribution < -0.4 is 10.2 Å². The van der Waals surface area contributed by atoms with Crippen molar-refractivity contribution in [2.75, 3.05) is 40.9 Å². The highest BCUT2D eigenvalue weighted by Gasteiger charge is 2.27. The average molecular weight is 1100 g/mol. The van der Waals surface area contributed by atoms with Gasteiger partial charge in [0.05, 0.1) is 33.8 Å². The SMILES string of the molecule is CC/C=C/C=C/C=C\CCCCCCCC(=O)OC(/C=C\CCCCCCCCCCC)C(COP(=O)([O-])OCC[N+](C)(C)C)NC(=O)CCCCCCCCCCCCCCCCCCCCCCCCCCCCC. The van der Waals surface area contributed by atoms with Gasteiger partial charge in [-0.3, -0.25) is 14.2 Å². The lowest BCUT2D eigenvalue weighted by molar-refractivity contribution is -0.870. The molecule has 0 aliphatic heterocycles. The fraction of sp³-hybridized carbons (Fsp3) is 0.851. The Morgan fingerprint density at radius 2 is 0.831 bits per heavy atom. The first-order chi connectivity index (χ1) is 37.4. The molecule has 0 spiro atoms. The number of phosphoric acid groups is 1. The van der Waals surface area contributed by atoms with Gasteiger partial charge in [-0.2, -0.15) is 0 Å². The van der Waals surface area contributed by atoms with E-state index >= 15 is 0 Å². The lowest BCUT2D eigenvalue weighted by atomic mass is 10.0. The summed E-state index contributed by atoms with van der Waals surface area (Å²) >= 11 is 0. The van der Waals surface area contributed by atoms with E-state index in [1.54, 1.807) is 0 Å². The second-order valence-corrected chi connectivity index (χ2v) is 25.1. The summed E-state index contributed by atoms with van der Waals surface area (Å²) in [6.45, 7) is 6.72. The number of hydrogen-bond acceptors (Lipinski definition) is 7. The summed E-state index contributed by atoms with van der Waals surface area (Å²) < 4.78 is 30.3. The predicted octanol–water partition coefficient (Wildman–Crippen LogP) is 19.8. The highest BCUT2D eigenvalue weighted by atomic mass is 31.2. The largest absolute Gasteiger partial charge is 0.756 e. The molecule has 0 aromatic rings. The molecular formula is C67H127N2O7P. The number of amides is 1. The molecule has 0 aromatic carbocycles. The van der Waals surface area contributed by atoms with Crippen LogP contribution in [-0.2, 0) is 27.9 Å². The van der Waals surface area contributed by atoms with Gasteiger partial charge in [0.1, 0.15) is 19.3 Å². The molecule has 1 amide bonds. The quantitative estimate of drug-likeness (QED) is 0.0161. The van der Waals surface area contributed by atoms with Crippen molar-refractivity contribution >= 4 is 19.7 Å². The second kappa shape index (κ2) is 57.2. The van der Waals surface area contributed by atoms with Crippen LogP contribution >= 0.6 is 7.82 Å². The molecule has 0 aliphatic rings. The van der Waals surface area contributed by atoms with Gasteiger partial charge in [-0.15, -0.1) is 0 Å². The summed E-state index contributed by atoms with van der Waals surface area (Å²) in [5.41, 5.74) is 0. The van der Waals surface area contributed by atoms with E-state index in [1.165, 1.54) is 199 Å². The number of nitrogens with zero attached hydrogens (tertiary/aromatic N) is 1. The molecule has 0 aromatic heterocycles. The van der Waals surface area contributed by atoms with Gasteiger partial charge >= 0.3 is 5.97 Å². The number of nitrogens with one attached hydrogen (secondary N) is 1. The summed E-state index contributed by atoms with van der Waals surface area (Å²) in [5.74, 6) is -0.554. The highest BCUT2D eigenvalue weighted by molar-refractivity contribution is 7.45. The number of quaternary nitrogens is 1. The summed E-state index contributed by atoms with van der Waals surface area (Å²) in [6.07, 6.45) is 71.1. The number of phosphoric ester groups is 1. The molecule has 10 heteroatoms. The first kappa shape index (κ1) is 75.0. The van der Waals surface area contributed by atoms with Gasteiger partial charge in [-0.05, 0) is 51.0 Å². The molecule has 0 fully saturated rings. The van der Waals surface area contributed by atoms with Crippen LogP contribution in [0.2, 0.25) is 0 Å². The number of carbonyl (C=O) groups is 2. The van der Waals surface area contributed by atoms with Crippen LogP contribution in [0, 0.1) is 0 Å². The van der Waals surface area contributed by atoms with Crippen molar-refractivity contribution in [3.63, 3.8) is 0 Å². The highest BCUT2D eigenvalue weighted by Crippen LogP contribution is 2.38. The number of hydrogen-bond donors (Lipinski definition) is 1. The maximum absolute atomic E-state index is 13.5. The van der Waals surface area contributed by atoms with Gasteiger partial charge in [0.2, 0.25) is 5.91 Å². The number of rotatable bonds is 60. The number of esters is 1. The Morgan fingerprint density at radius 1 is 0.468 bits per heavy atom. The normalized spacial score (nSPS) is 13.9. The fourth-order valence-electron chi connectivity index (χ4n) is 9.76. The fourth-order valence-corrected chi connectivity index (χ4v) is 10.5. The van der Waals surface area contributed by atoms with Crippen LogP contribution in [0.1, 0.15) is 316 Å². The Morgan fingerprint density at radius 3 is 1.23 bits per heavy atom. The Kier molecular flexibility index (Phi) is 55.7. The van der Waals surface area contributed by atoms with Crippen molar-refractivity contribution in [2.45, 2.75) is 328 Å². The van der Waals surface area contributed by atoms with Crippen LogP contribution in [0.5, 0.6) is 0 Å². The Hall–Kier alpha value is -2.03. The molecule has 0 saturated heterocycles. The minimum atomic E-state index is -4.70. The minimum Gasteiger partial charge on any atom is -0.756 e. The summed E-state index contributed by atoms with van der Waals surface area (Å²) in [6, 6.07) is -0.894. The zero-order valence-electron chi connectivity index (χ0n) is 51.7. The standard InChI is InChI=1S/C67H127N2O7P/c1-7-10-13-16-19-22-25-27-28-29-30-31-32-33-34-35-36-37-38-39-40-42-44-47-50-53-56-59-66(70)68-64(63-75-77(72,73)74-62-61-69(4,5)6)65(58-55-52-49-46-43-24-21-18-15-12-9-3)76-67(71)60-57-54-51-48-45-41-26-23-20-17-14-11-8-2/h11,14,17,20,23,26,55,58,64-65H,7-10,12-13,15-16,18-19,21-22,24-25,27-54,56-57,59-63H2,1-6H3,(H-,68,70,72,73)/b14-11+,20-17+,26-23-,58-55-. The molecule has 77 heavy (non-hydrogen) atoms. The molecule has 3 unspecified atom stereocenters. The van der Waals surface area contributed by atoms with E-state index in [0.29, 0.717) is 23.9 Å². The van der Waals surface area contributed by atoms with Crippen LogP contribution in [0.3, 0.4) is 0 Å². The van der Waals surface area contributed by atoms with E-state index < -0.39 is 26.6 Å². The van der Waals surface area contributed by atoms with Crippen molar-refractivity contribution in [2.24, 2.45) is 0 Å². The number of likely N-dealkylation sites (N-methyl/N-ethyl adjacent to an activating group) is 1. The topological polar surface area (TPSA) is 114 Å². The summed E-state index contributed by atoms with van der Waals surface area (Å²) in [4.78, 5) is 39.9. The number of ether oxygens (including phenoxy) is 1. The molecule has 1 N–H and O–H groups in total. The first-order valence-electron chi connectivity index (χ1n) is 33.0. The van der Waals surface area contributed by atoms with Gasteiger partial charge in [-0.1, -0.05) is 301 Å². The smallest absolute Gasteiger partial charge is 0.306 e. The summed E-state index contributed by atoms with van der Waals surface area (Å²) in [7, 11) is 1.18. The molecular weight excluding hydrogens is 976 g/mol. The van der Waals surface area contributed by atoms with E-state index in [2.05, 4.69) is 62.5 Å². The first-order valence-corrected chi connectivity index (χ1v) is 34.4. The molecule has 0 radical (unpaired) electrons. The van der Waals surface area contributed by atoms with Crippen molar-refractivity contribution in [1.82, 2.24) is 5.32 Å². The third-order valence-corrected chi connectivity index (χ3v) is 15.8. The molecule has 0 rings (SSSR count). The molecule has 452 valence electrons. The average Bonchev–Trinajstić information content (AvgIpc) is 3.39. The van der Waals surface area contributed by atoms with Crippen LogP contribution in [0.15, 0.2) is 48.6 Å². The van der Waals surface area contributed by atoms with Gasteiger partial charge in [0.25, 0.3) is 7.82 Å². The zero-order valence-corrected chi connectivity index (χ0v) is 52.6. The molecule has 0 heterocycles. The Bertz CT molecular complexity index is 1460. The second-order valence-electron chi connectivity index (χ2n) is 23.7. The number of carbonyl (C=O) groups excluding carboxylic acids is 2. The molecule has 3 atom stereocenters. The Labute approximate surface area is 478 Å². The zero-order chi connectivity index (χ0) is 56.4. The lowest BCUT2D eigenvalue weighted by Crippen LogP contribution is -2.47. The third-order valence-electron chi connectivity index (χ3n) is 14.8. The van der Waals surface area contributed by atoms with Crippen molar-refractivity contribution in [3.8, 4) is 0 Å². The van der Waals surface area contributed by atoms with E-state index in [1.807, 2.05) is 33.3 Å². The van der Waals surface area contributed by atoms with Crippen LogP contribution in [0.4, 0.5) is 0 Å². The van der Waals surface area contributed by atoms with Crippen molar-refractivity contribution in [1.29, 1.82) is 0 Å². The lowest BCUT2D eigenvalue weighted by Gasteiger charge is -2.30. The number of allylic oxidation sites excluding steroid dienone is 7. The summed E-state index contributed by atoms with van der Waals surface area (Å²) in [5, 5.41) is 3.03. The van der Waals surface area contributed by atoms with E-state index in [4.69, 9.17) is 13.8 Å². The number of unbranched alkanes of at least 4 members (excludes halogenated alkanes) is 40. The van der Waals surface area contributed by atoms with Crippen LogP contribution in [-0.4, -0.2) is 69.4 Å². The van der Waals surface area contributed by atoms with Gasteiger partial charge in [-0.25, -0.2) is 0 Å². The van der Waals surface area contributed by atoms with E-state index in [-0.39, 0.29) is 24.9 Å². The molecule has 0 saturated carbocycles. The molecule has 0 aliphatic carbocycles. The van der Waals surface area contributed by atoms with Crippen molar-refractivity contribution < 1.29 is 37.3 Å². The van der Waals surface area contributed by atoms with Gasteiger partial charge in [0.15, 0.2) is 0 Å². The van der Waals surface area contributed by atoms with E-state index in [0.717, 1.165) is 77.0 Å². The predicted molar refractivity (Wildman–Crippen MR) is 330 cm³/mol. The minimum absolute atomic E-state index is 0.0248. The van der Waals surface area contributed by atoms with Gasteiger partial charge < -0.3 is 28.5 Å². The van der Waals surface area contributed by atoms with Crippen molar-refractivity contribution in [3.05, 3.63) is 48.6 Å². The monoisotopic (exact) mass is 1100 g/mol. The molecule has 0 bridgehead atoms. The van der Waals surface area contributed by atoms with Gasteiger partial charge in [0, 0.05) is 12.8 Å².